The molecule has 2 heterocycles. The highest BCUT2D eigenvalue weighted by Gasteiger charge is 2.28. The van der Waals surface area contributed by atoms with Crippen molar-refractivity contribution in [3.05, 3.63) is 88.3 Å². The van der Waals surface area contributed by atoms with Crippen molar-refractivity contribution in [1.82, 2.24) is 4.57 Å². The van der Waals surface area contributed by atoms with Crippen molar-refractivity contribution in [1.29, 1.82) is 0 Å². The summed E-state index contributed by atoms with van der Waals surface area (Å²) in [6.45, 7) is 0.297. The molecule has 1 aliphatic heterocycles. The Labute approximate surface area is 269 Å². The molecule has 0 amide bonds. The smallest absolute Gasteiger partial charge is 0.355 e. The molecule has 12 nitrogen and oxygen atoms in total. The number of esters is 1. The third-order valence-electron chi connectivity index (χ3n) is 7.78. The van der Waals surface area contributed by atoms with Gasteiger partial charge in [0.2, 0.25) is 12.5 Å². The van der Waals surface area contributed by atoms with Gasteiger partial charge in [0.25, 0.3) is 5.56 Å². The van der Waals surface area contributed by atoms with Gasteiger partial charge in [-0.3, -0.25) is 9.36 Å². The van der Waals surface area contributed by atoms with Gasteiger partial charge in [-0.2, -0.15) is 0 Å². The number of carbonyl (C=O) groups is 1. The highest BCUT2D eigenvalue weighted by molar-refractivity contribution is 6.08. The topological polar surface area (TPSA) is 139 Å². The van der Waals surface area contributed by atoms with Crippen molar-refractivity contribution < 1.29 is 42.7 Å². The lowest BCUT2D eigenvalue weighted by molar-refractivity contribution is 0.0591. The maximum absolute atomic E-state index is 14.5. The zero-order chi connectivity index (χ0) is 33.2. The normalized spacial score (nSPS) is 11.7. The van der Waals surface area contributed by atoms with Gasteiger partial charge in [0.05, 0.1) is 40.9 Å². The summed E-state index contributed by atoms with van der Waals surface area (Å²) in [5.41, 5.74) is 7.94. The standard InChI is InChI=1S/C35H32N2O10/c1-40-26-15-23-24(16-28(26)45-17-19-6-11-25-27(12-19)47-18-46-25)34(38)37(22-9-7-21(36)8-10-22)32(35(39)44-5)31(23)20-13-29(41-2)33(43-4)30(14-20)42-3/h6-16H,17-18,36H2,1-5H3. The number of anilines is 1. The summed E-state index contributed by atoms with van der Waals surface area (Å²) < 4.78 is 46.2. The molecule has 12 heteroatoms. The summed E-state index contributed by atoms with van der Waals surface area (Å²) in [5, 5.41) is 0.628. The quantitative estimate of drug-likeness (QED) is 0.156. The fourth-order valence-electron chi connectivity index (χ4n) is 5.55. The van der Waals surface area contributed by atoms with E-state index in [9.17, 15) is 9.59 Å². The van der Waals surface area contributed by atoms with E-state index in [-0.39, 0.29) is 24.5 Å². The zero-order valence-electron chi connectivity index (χ0n) is 26.4. The Bertz CT molecular complexity index is 2030. The fraction of sp³-hybridized carbons (Fsp3) is 0.200. The van der Waals surface area contributed by atoms with E-state index in [4.69, 9.17) is 43.6 Å². The summed E-state index contributed by atoms with van der Waals surface area (Å²) >= 11 is 0. The van der Waals surface area contributed by atoms with E-state index in [1.807, 2.05) is 18.2 Å². The number of nitrogen functional groups attached to an aromatic ring is 1. The predicted octanol–water partition coefficient (Wildman–Crippen LogP) is 5.37. The number of pyridine rings is 1. The average molecular weight is 641 g/mol. The Morgan fingerprint density at radius 2 is 1.43 bits per heavy atom. The molecule has 5 aromatic rings. The Balaban J connectivity index is 1.65. The number of fused-ring (bicyclic) bond motifs is 2. The second kappa shape index (κ2) is 12.8. The molecule has 0 bridgehead atoms. The van der Waals surface area contributed by atoms with Crippen molar-refractivity contribution in [2.45, 2.75) is 6.61 Å². The van der Waals surface area contributed by atoms with Gasteiger partial charge in [-0.1, -0.05) is 6.07 Å². The molecule has 47 heavy (non-hydrogen) atoms. The molecule has 0 fully saturated rings. The molecule has 6 rings (SSSR count). The van der Waals surface area contributed by atoms with Crippen LogP contribution in [0.25, 0.3) is 27.6 Å². The summed E-state index contributed by atoms with van der Waals surface area (Å²) in [4.78, 5) is 28.2. The summed E-state index contributed by atoms with van der Waals surface area (Å²) in [7, 11) is 7.21. The lowest BCUT2D eigenvalue weighted by atomic mass is 9.95. The first-order valence-electron chi connectivity index (χ1n) is 14.4. The molecule has 1 aliphatic rings. The average Bonchev–Trinajstić information content (AvgIpc) is 3.58. The van der Waals surface area contributed by atoms with Crippen molar-refractivity contribution in [3.63, 3.8) is 0 Å². The Kier molecular flexibility index (Phi) is 8.40. The molecule has 0 unspecified atom stereocenters. The third-order valence-corrected chi connectivity index (χ3v) is 7.78. The summed E-state index contributed by atoms with van der Waals surface area (Å²) in [6.07, 6.45) is 0. The number of aromatic nitrogens is 1. The van der Waals surface area contributed by atoms with E-state index in [2.05, 4.69) is 0 Å². The van der Waals surface area contributed by atoms with E-state index in [1.165, 1.54) is 40.1 Å². The molecule has 0 spiro atoms. The molecule has 1 aromatic heterocycles. The lowest BCUT2D eigenvalue weighted by Crippen LogP contribution is -2.27. The Hall–Kier alpha value is -6.04. The number of rotatable bonds is 10. The van der Waals surface area contributed by atoms with E-state index in [0.29, 0.717) is 68.1 Å². The highest BCUT2D eigenvalue weighted by atomic mass is 16.7. The minimum absolute atomic E-state index is 0.0416. The lowest BCUT2D eigenvalue weighted by Gasteiger charge is -2.21. The van der Waals surface area contributed by atoms with Crippen LogP contribution in [-0.4, -0.2) is 52.9 Å². The Morgan fingerprint density at radius 1 is 0.766 bits per heavy atom. The van der Waals surface area contributed by atoms with Gasteiger partial charge in [-0.25, -0.2) is 4.79 Å². The van der Waals surface area contributed by atoms with Crippen LogP contribution in [0.3, 0.4) is 0 Å². The molecule has 0 saturated carbocycles. The zero-order valence-corrected chi connectivity index (χ0v) is 26.4. The van der Waals surface area contributed by atoms with Gasteiger partial charge in [0.1, 0.15) is 12.3 Å². The largest absolute Gasteiger partial charge is 0.493 e. The van der Waals surface area contributed by atoms with Crippen LogP contribution < -0.4 is 44.5 Å². The van der Waals surface area contributed by atoms with Gasteiger partial charge >= 0.3 is 5.97 Å². The van der Waals surface area contributed by atoms with Crippen molar-refractivity contribution in [3.8, 4) is 57.1 Å². The minimum Gasteiger partial charge on any atom is -0.493 e. The SMILES string of the molecule is COC(=O)c1c(-c2cc(OC)c(OC)c(OC)c2)c2cc(OC)c(OCc3ccc4c(c3)OCO4)cc2c(=O)n1-c1ccc(N)cc1. The molecule has 2 N–H and O–H groups in total. The van der Waals surface area contributed by atoms with Gasteiger partial charge in [0, 0.05) is 22.3 Å². The molecule has 0 saturated heterocycles. The monoisotopic (exact) mass is 640 g/mol. The second-order valence-corrected chi connectivity index (χ2v) is 10.4. The number of benzene rings is 4. The van der Waals surface area contributed by atoms with Crippen LogP contribution in [0.1, 0.15) is 16.1 Å². The van der Waals surface area contributed by atoms with Gasteiger partial charge in [-0.05, 0) is 71.8 Å². The minimum atomic E-state index is -0.758. The predicted molar refractivity (Wildman–Crippen MR) is 174 cm³/mol. The second-order valence-electron chi connectivity index (χ2n) is 10.4. The first kappa shape index (κ1) is 31.0. The van der Waals surface area contributed by atoms with E-state index in [0.717, 1.165) is 5.56 Å². The van der Waals surface area contributed by atoms with Crippen LogP contribution >= 0.6 is 0 Å². The molecule has 0 atom stereocenters. The van der Waals surface area contributed by atoms with Crippen LogP contribution in [0.5, 0.6) is 40.2 Å². The number of nitrogens with zero attached hydrogens (tertiary/aromatic N) is 1. The van der Waals surface area contributed by atoms with E-state index in [1.54, 1.807) is 48.5 Å². The Morgan fingerprint density at radius 3 is 2.06 bits per heavy atom. The maximum atomic E-state index is 14.5. The molecule has 242 valence electrons. The number of hydrogen-bond acceptors (Lipinski definition) is 11. The first-order chi connectivity index (χ1) is 22.8. The van der Waals surface area contributed by atoms with Crippen molar-refractivity contribution in [2.75, 3.05) is 48.1 Å². The molecule has 0 radical (unpaired) electrons. The van der Waals surface area contributed by atoms with Crippen molar-refractivity contribution in [2.24, 2.45) is 0 Å². The van der Waals surface area contributed by atoms with Crippen LogP contribution in [0.15, 0.2) is 71.5 Å². The highest BCUT2D eigenvalue weighted by Crippen LogP contribution is 2.45. The molecule has 4 aromatic carbocycles. The van der Waals surface area contributed by atoms with E-state index < -0.39 is 11.5 Å². The fourth-order valence-corrected chi connectivity index (χ4v) is 5.55. The first-order valence-corrected chi connectivity index (χ1v) is 14.4. The van der Waals surface area contributed by atoms with Crippen LogP contribution in [0, 0.1) is 0 Å². The third kappa shape index (κ3) is 5.54. The number of ether oxygens (including phenoxy) is 8. The molecular formula is C35H32N2O10. The van der Waals surface area contributed by atoms with Crippen molar-refractivity contribution >= 4 is 22.4 Å². The van der Waals surface area contributed by atoms with Gasteiger partial charge < -0.3 is 43.6 Å². The summed E-state index contributed by atoms with van der Waals surface area (Å²) in [5.74, 6) is 2.18. The van der Waals surface area contributed by atoms with E-state index >= 15 is 0 Å². The molecule has 0 aliphatic carbocycles. The molecular weight excluding hydrogens is 608 g/mol. The number of hydrogen-bond donors (Lipinski definition) is 1. The summed E-state index contributed by atoms with van der Waals surface area (Å²) in [6, 6.07) is 18.7. The van der Waals surface area contributed by atoms with Gasteiger partial charge in [0.15, 0.2) is 34.5 Å². The number of carbonyl (C=O) groups excluding carboxylic acids is 1. The van der Waals surface area contributed by atoms with Crippen LogP contribution in [0.2, 0.25) is 0 Å². The number of nitrogens with two attached hydrogens (primary N) is 1. The van der Waals surface area contributed by atoms with Gasteiger partial charge in [-0.15, -0.1) is 0 Å². The van der Waals surface area contributed by atoms with Crippen LogP contribution in [0.4, 0.5) is 5.69 Å². The number of methoxy groups -OCH3 is 5. The van der Waals surface area contributed by atoms with Crippen LogP contribution in [-0.2, 0) is 11.3 Å². The maximum Gasteiger partial charge on any atom is 0.355 e.